The summed E-state index contributed by atoms with van der Waals surface area (Å²) >= 11 is 1.80. The van der Waals surface area contributed by atoms with Crippen molar-refractivity contribution in [3.8, 4) is 0 Å². The van der Waals surface area contributed by atoms with Crippen LogP contribution in [0.25, 0.3) is 0 Å². The molecule has 0 aliphatic carbocycles. The molecule has 126 valence electrons. The Labute approximate surface area is 144 Å². The molecule has 1 unspecified atom stereocenters. The van der Waals surface area contributed by atoms with Gasteiger partial charge in [-0.25, -0.2) is 0 Å². The van der Waals surface area contributed by atoms with Gasteiger partial charge in [0.25, 0.3) is 0 Å². The van der Waals surface area contributed by atoms with Crippen molar-refractivity contribution < 1.29 is 4.79 Å². The third-order valence-corrected chi connectivity index (χ3v) is 5.01. The Hall–Kier alpha value is -0.580. The minimum Gasteiger partial charge on any atom is -0.354 e. The lowest BCUT2D eigenvalue weighted by Crippen LogP contribution is -2.38. The quantitative estimate of drug-likeness (QED) is 0.836. The molecule has 0 radical (unpaired) electrons. The number of likely N-dealkylation sites (tertiary alicyclic amines) is 1. The van der Waals surface area contributed by atoms with Gasteiger partial charge in [0.05, 0.1) is 6.04 Å². The Kier molecular flexibility index (Phi) is 9.06. The van der Waals surface area contributed by atoms with Gasteiger partial charge in [0.15, 0.2) is 0 Å². The van der Waals surface area contributed by atoms with Gasteiger partial charge in [-0.1, -0.05) is 32.8 Å². The zero-order valence-corrected chi connectivity index (χ0v) is 15.3. The average Bonchev–Trinajstić information content (AvgIpc) is 2.81. The van der Waals surface area contributed by atoms with Crippen LogP contribution in [0, 0.1) is 5.92 Å². The van der Waals surface area contributed by atoms with E-state index in [-0.39, 0.29) is 18.3 Å². The summed E-state index contributed by atoms with van der Waals surface area (Å²) in [6, 6.07) is 4.66. The molecule has 2 heterocycles. The Bertz CT molecular complexity index is 414. The van der Waals surface area contributed by atoms with Crippen molar-refractivity contribution in [3.05, 3.63) is 22.4 Å². The van der Waals surface area contributed by atoms with E-state index in [1.807, 2.05) is 0 Å². The molecule has 3 nitrogen and oxygen atoms in total. The summed E-state index contributed by atoms with van der Waals surface area (Å²) < 4.78 is 0. The highest BCUT2D eigenvalue weighted by Gasteiger charge is 2.22. The summed E-state index contributed by atoms with van der Waals surface area (Å²) in [6.45, 7) is 7.23. The highest BCUT2D eigenvalue weighted by atomic mass is 35.5. The number of hydrogen-bond donors (Lipinski definition) is 1. The van der Waals surface area contributed by atoms with Gasteiger partial charge in [0.1, 0.15) is 0 Å². The predicted octanol–water partition coefficient (Wildman–Crippen LogP) is 4.25. The Morgan fingerprint density at radius 3 is 2.50 bits per heavy atom. The van der Waals surface area contributed by atoms with Crippen LogP contribution in [0.3, 0.4) is 0 Å². The lowest BCUT2D eigenvalue weighted by Gasteiger charge is -2.30. The van der Waals surface area contributed by atoms with Crippen LogP contribution in [-0.4, -0.2) is 30.4 Å². The molecule has 2 rings (SSSR count). The first-order chi connectivity index (χ1) is 10.2. The van der Waals surface area contributed by atoms with Gasteiger partial charge in [0.2, 0.25) is 5.91 Å². The number of thiophene rings is 1. The van der Waals surface area contributed by atoms with Gasteiger partial charge in [-0.15, -0.1) is 23.7 Å². The predicted molar refractivity (Wildman–Crippen MR) is 96.8 cm³/mol. The van der Waals surface area contributed by atoms with E-state index in [0.29, 0.717) is 18.4 Å². The fraction of sp³-hybridized carbons (Fsp3) is 0.706. The van der Waals surface area contributed by atoms with E-state index in [4.69, 9.17) is 0 Å². The van der Waals surface area contributed by atoms with E-state index in [1.165, 1.54) is 30.6 Å². The van der Waals surface area contributed by atoms with Crippen LogP contribution in [0.4, 0.5) is 0 Å². The minimum atomic E-state index is 0. The molecule has 1 aliphatic heterocycles. The Balaban J connectivity index is 0.00000242. The molecule has 1 saturated heterocycles. The molecule has 5 heteroatoms. The maximum absolute atomic E-state index is 12.0. The number of amides is 1. The number of halogens is 1. The van der Waals surface area contributed by atoms with Crippen LogP contribution in [0.1, 0.15) is 56.9 Å². The molecule has 1 aromatic heterocycles. The topological polar surface area (TPSA) is 32.3 Å². The summed E-state index contributed by atoms with van der Waals surface area (Å²) in [5, 5.41) is 5.28. The normalized spacial score (nSPS) is 17.6. The summed E-state index contributed by atoms with van der Waals surface area (Å²) in [4.78, 5) is 15.9. The first kappa shape index (κ1) is 19.5. The lowest BCUT2D eigenvalue weighted by atomic mass is 10.1. The van der Waals surface area contributed by atoms with Crippen LogP contribution in [0.15, 0.2) is 17.5 Å². The van der Waals surface area contributed by atoms with E-state index in [0.717, 1.165) is 19.6 Å². The van der Waals surface area contributed by atoms with Gasteiger partial charge in [-0.3, -0.25) is 9.69 Å². The van der Waals surface area contributed by atoms with E-state index in [2.05, 4.69) is 41.6 Å². The van der Waals surface area contributed by atoms with Crippen molar-refractivity contribution in [2.24, 2.45) is 5.92 Å². The second-order valence-corrected chi connectivity index (χ2v) is 7.36. The van der Waals surface area contributed by atoms with E-state index >= 15 is 0 Å². The first-order valence-corrected chi connectivity index (χ1v) is 9.09. The van der Waals surface area contributed by atoms with Crippen LogP contribution >= 0.6 is 23.7 Å². The SMILES string of the molecule is CC(C)CC(=O)NCC(c1cccs1)N1CCCCCC1.Cl. The number of rotatable bonds is 6. The number of carbonyl (C=O) groups is 1. The number of nitrogens with one attached hydrogen (secondary N) is 1. The third-order valence-electron chi connectivity index (χ3n) is 4.04. The zero-order chi connectivity index (χ0) is 15.1. The van der Waals surface area contributed by atoms with Crippen molar-refractivity contribution in [1.82, 2.24) is 10.2 Å². The zero-order valence-electron chi connectivity index (χ0n) is 13.7. The molecule has 1 aliphatic rings. The van der Waals surface area contributed by atoms with E-state index in [9.17, 15) is 4.79 Å². The molecular weight excluding hydrogens is 316 g/mol. The third kappa shape index (κ3) is 6.27. The highest BCUT2D eigenvalue weighted by molar-refractivity contribution is 7.10. The van der Waals surface area contributed by atoms with Gasteiger partial charge in [-0.2, -0.15) is 0 Å². The van der Waals surface area contributed by atoms with Crippen molar-refractivity contribution in [2.75, 3.05) is 19.6 Å². The molecule has 22 heavy (non-hydrogen) atoms. The fourth-order valence-corrected chi connectivity index (χ4v) is 3.81. The summed E-state index contributed by atoms with van der Waals surface area (Å²) in [7, 11) is 0. The van der Waals surface area contributed by atoms with E-state index in [1.54, 1.807) is 11.3 Å². The van der Waals surface area contributed by atoms with Crippen LogP contribution in [0.5, 0.6) is 0 Å². The Morgan fingerprint density at radius 2 is 1.95 bits per heavy atom. The van der Waals surface area contributed by atoms with Crippen molar-refractivity contribution in [3.63, 3.8) is 0 Å². The van der Waals surface area contributed by atoms with Crippen molar-refractivity contribution in [1.29, 1.82) is 0 Å². The highest BCUT2D eigenvalue weighted by Crippen LogP contribution is 2.27. The molecule has 1 atom stereocenters. The summed E-state index contributed by atoms with van der Waals surface area (Å²) in [5.41, 5.74) is 0. The average molecular weight is 345 g/mol. The van der Waals surface area contributed by atoms with Gasteiger partial charge in [-0.05, 0) is 43.3 Å². The second kappa shape index (κ2) is 10.2. The monoisotopic (exact) mass is 344 g/mol. The molecule has 0 aromatic carbocycles. The number of hydrogen-bond acceptors (Lipinski definition) is 3. The number of carbonyl (C=O) groups excluding carboxylic acids is 1. The smallest absolute Gasteiger partial charge is 0.220 e. The minimum absolute atomic E-state index is 0. The van der Waals surface area contributed by atoms with Gasteiger partial charge >= 0.3 is 0 Å². The largest absolute Gasteiger partial charge is 0.354 e. The lowest BCUT2D eigenvalue weighted by molar-refractivity contribution is -0.122. The van der Waals surface area contributed by atoms with Crippen molar-refractivity contribution in [2.45, 2.75) is 52.0 Å². The van der Waals surface area contributed by atoms with Crippen LogP contribution in [0.2, 0.25) is 0 Å². The van der Waals surface area contributed by atoms with Crippen LogP contribution < -0.4 is 5.32 Å². The maximum Gasteiger partial charge on any atom is 0.220 e. The first-order valence-electron chi connectivity index (χ1n) is 8.21. The maximum atomic E-state index is 12.0. The second-order valence-electron chi connectivity index (χ2n) is 6.38. The van der Waals surface area contributed by atoms with Gasteiger partial charge < -0.3 is 5.32 Å². The van der Waals surface area contributed by atoms with Gasteiger partial charge in [0, 0.05) is 17.8 Å². The fourth-order valence-electron chi connectivity index (χ4n) is 2.95. The molecular formula is C17H29ClN2OS. The van der Waals surface area contributed by atoms with Crippen LogP contribution in [-0.2, 0) is 4.79 Å². The molecule has 0 saturated carbocycles. The molecule has 1 amide bonds. The molecule has 0 bridgehead atoms. The Morgan fingerprint density at radius 1 is 1.27 bits per heavy atom. The molecule has 0 spiro atoms. The standard InChI is InChI=1S/C17H28N2OS.ClH/c1-14(2)12-17(20)18-13-15(16-8-7-11-21-16)19-9-5-3-4-6-10-19;/h7-8,11,14-15H,3-6,9-10,12-13H2,1-2H3,(H,18,20);1H. The summed E-state index contributed by atoms with van der Waals surface area (Å²) in [5.74, 6) is 0.602. The van der Waals surface area contributed by atoms with E-state index < -0.39 is 0 Å². The number of nitrogens with zero attached hydrogens (tertiary/aromatic N) is 1. The molecule has 1 fully saturated rings. The molecule has 1 N–H and O–H groups in total. The van der Waals surface area contributed by atoms with Crippen molar-refractivity contribution >= 4 is 29.7 Å². The molecule has 1 aromatic rings. The summed E-state index contributed by atoms with van der Waals surface area (Å²) in [6.07, 6.45) is 5.86.